The average Bonchev–Trinajstić information content (AvgIpc) is 2.48. The fourth-order valence-corrected chi connectivity index (χ4v) is 2.55. The molecule has 1 saturated carbocycles. The molecule has 1 aliphatic rings. The van der Waals surface area contributed by atoms with Crippen LogP contribution in [0, 0.1) is 5.41 Å². The number of carbonyl (C=O) groups excluding carboxylic acids is 1. The van der Waals surface area contributed by atoms with Crippen LogP contribution < -0.4 is 21.1 Å². The summed E-state index contributed by atoms with van der Waals surface area (Å²) in [7, 11) is 1.52. The van der Waals surface area contributed by atoms with E-state index in [0.717, 1.165) is 12.8 Å². The molecule has 0 bridgehead atoms. The summed E-state index contributed by atoms with van der Waals surface area (Å²) in [5.74, 6) is 0.452. The van der Waals surface area contributed by atoms with Gasteiger partial charge in [0, 0.05) is 11.6 Å². The molecular weight excluding hydrogens is 268 g/mol. The first-order chi connectivity index (χ1) is 10.1. The molecule has 0 saturated heterocycles. The average molecular weight is 290 g/mol. The van der Waals surface area contributed by atoms with Gasteiger partial charge in [0.1, 0.15) is 11.6 Å². The number of rotatable bonds is 4. The van der Waals surface area contributed by atoms with Gasteiger partial charge in [-0.25, -0.2) is 4.79 Å². The van der Waals surface area contributed by atoms with E-state index in [1.54, 1.807) is 18.2 Å². The maximum atomic E-state index is 12.0. The van der Waals surface area contributed by atoms with Crippen LogP contribution in [0.2, 0.25) is 0 Å². The SMILES string of the molecule is COc1cc(C(=N)N)ccc1NC(=O)NC1CCCCC1. The van der Waals surface area contributed by atoms with E-state index in [4.69, 9.17) is 15.9 Å². The van der Waals surface area contributed by atoms with Crippen LogP contribution >= 0.6 is 0 Å². The molecule has 0 heterocycles. The highest BCUT2D eigenvalue weighted by Crippen LogP contribution is 2.25. The zero-order valence-electron chi connectivity index (χ0n) is 12.2. The summed E-state index contributed by atoms with van der Waals surface area (Å²) in [5.41, 5.74) is 6.57. The van der Waals surface area contributed by atoms with Gasteiger partial charge in [0.2, 0.25) is 0 Å². The Morgan fingerprint density at radius 2 is 2.05 bits per heavy atom. The van der Waals surface area contributed by atoms with Gasteiger partial charge in [-0.1, -0.05) is 19.3 Å². The van der Waals surface area contributed by atoms with Crippen molar-refractivity contribution in [2.75, 3.05) is 12.4 Å². The molecule has 0 aromatic heterocycles. The molecule has 1 aromatic rings. The molecule has 6 nitrogen and oxygen atoms in total. The van der Waals surface area contributed by atoms with Crippen LogP contribution in [0.15, 0.2) is 18.2 Å². The van der Waals surface area contributed by atoms with E-state index in [9.17, 15) is 4.79 Å². The molecule has 21 heavy (non-hydrogen) atoms. The van der Waals surface area contributed by atoms with Crippen LogP contribution in [0.3, 0.4) is 0 Å². The molecule has 0 aliphatic heterocycles. The Hall–Kier alpha value is -2.24. The number of amides is 2. The van der Waals surface area contributed by atoms with E-state index in [0.29, 0.717) is 17.0 Å². The summed E-state index contributed by atoms with van der Waals surface area (Å²) < 4.78 is 5.23. The molecule has 6 heteroatoms. The van der Waals surface area contributed by atoms with Crippen molar-refractivity contribution in [1.29, 1.82) is 5.41 Å². The van der Waals surface area contributed by atoms with Gasteiger partial charge in [0.05, 0.1) is 12.8 Å². The van der Waals surface area contributed by atoms with Gasteiger partial charge in [0.25, 0.3) is 0 Å². The highest BCUT2D eigenvalue weighted by atomic mass is 16.5. The second kappa shape index (κ2) is 6.97. The summed E-state index contributed by atoms with van der Waals surface area (Å²) in [6, 6.07) is 5.03. The number of anilines is 1. The number of carbonyl (C=O) groups is 1. The van der Waals surface area contributed by atoms with E-state index in [2.05, 4.69) is 10.6 Å². The van der Waals surface area contributed by atoms with E-state index in [1.165, 1.54) is 26.4 Å². The first-order valence-corrected chi connectivity index (χ1v) is 7.20. The first kappa shape index (κ1) is 15.2. The lowest BCUT2D eigenvalue weighted by Crippen LogP contribution is -2.39. The predicted molar refractivity (Wildman–Crippen MR) is 83.0 cm³/mol. The number of nitrogens with one attached hydrogen (secondary N) is 3. The third kappa shape index (κ3) is 4.11. The van der Waals surface area contributed by atoms with Crippen LogP contribution in [0.25, 0.3) is 0 Å². The Bertz CT molecular complexity index is 524. The Balaban J connectivity index is 2.00. The third-order valence-corrected chi connectivity index (χ3v) is 3.70. The summed E-state index contributed by atoms with van der Waals surface area (Å²) in [5, 5.41) is 13.2. The number of benzene rings is 1. The van der Waals surface area contributed by atoms with Crippen molar-refractivity contribution in [2.45, 2.75) is 38.1 Å². The number of methoxy groups -OCH3 is 1. The molecule has 114 valence electrons. The largest absolute Gasteiger partial charge is 0.495 e. The minimum atomic E-state index is -0.226. The molecule has 1 aliphatic carbocycles. The highest BCUT2D eigenvalue weighted by molar-refractivity contribution is 5.97. The number of nitrogens with two attached hydrogens (primary N) is 1. The van der Waals surface area contributed by atoms with Crippen molar-refractivity contribution in [1.82, 2.24) is 5.32 Å². The van der Waals surface area contributed by atoms with Crippen LogP contribution in [-0.4, -0.2) is 25.0 Å². The van der Waals surface area contributed by atoms with Crippen LogP contribution in [0.4, 0.5) is 10.5 Å². The highest BCUT2D eigenvalue weighted by Gasteiger charge is 2.16. The van der Waals surface area contributed by atoms with E-state index >= 15 is 0 Å². The van der Waals surface area contributed by atoms with Crippen molar-refractivity contribution in [3.63, 3.8) is 0 Å². The molecule has 0 spiro atoms. The predicted octanol–water partition coefficient (Wildman–Crippen LogP) is 2.43. The molecule has 5 N–H and O–H groups in total. The van der Waals surface area contributed by atoms with Crippen LogP contribution in [-0.2, 0) is 0 Å². The zero-order chi connectivity index (χ0) is 15.2. The van der Waals surface area contributed by atoms with E-state index < -0.39 is 0 Å². The molecule has 2 amide bonds. The molecular formula is C15H22N4O2. The van der Waals surface area contributed by atoms with Crippen LogP contribution in [0.5, 0.6) is 5.75 Å². The molecule has 0 unspecified atom stereocenters. The van der Waals surface area contributed by atoms with Gasteiger partial charge >= 0.3 is 6.03 Å². The smallest absolute Gasteiger partial charge is 0.319 e. The number of nitrogen functional groups attached to an aromatic ring is 1. The van der Waals surface area contributed by atoms with Gasteiger partial charge in [-0.15, -0.1) is 0 Å². The fourth-order valence-electron chi connectivity index (χ4n) is 2.55. The zero-order valence-corrected chi connectivity index (χ0v) is 12.2. The number of hydrogen-bond acceptors (Lipinski definition) is 3. The summed E-state index contributed by atoms with van der Waals surface area (Å²) in [4.78, 5) is 12.0. The quantitative estimate of drug-likeness (QED) is 0.506. The summed E-state index contributed by atoms with van der Waals surface area (Å²) >= 11 is 0. The van der Waals surface area contributed by atoms with Gasteiger partial charge in [0.15, 0.2) is 0 Å². The van der Waals surface area contributed by atoms with Crippen molar-refractivity contribution in [3.8, 4) is 5.75 Å². The minimum absolute atomic E-state index is 0.0356. The molecule has 0 atom stereocenters. The lowest BCUT2D eigenvalue weighted by molar-refractivity contribution is 0.244. The van der Waals surface area contributed by atoms with Gasteiger partial charge in [-0.05, 0) is 31.0 Å². The number of amidine groups is 1. The normalized spacial score (nSPS) is 15.3. The lowest BCUT2D eigenvalue weighted by Gasteiger charge is -2.23. The standard InChI is InChI=1S/C15H22N4O2/c1-21-13-9-10(14(16)17)7-8-12(13)19-15(20)18-11-5-3-2-4-6-11/h7-9,11H,2-6H2,1H3,(H3,16,17)(H2,18,19,20). The molecule has 0 radical (unpaired) electrons. The monoisotopic (exact) mass is 290 g/mol. The van der Waals surface area contributed by atoms with Gasteiger partial charge in [-0.2, -0.15) is 0 Å². The molecule has 1 aromatic carbocycles. The fraction of sp³-hybridized carbons (Fsp3) is 0.467. The Labute approximate surface area is 124 Å². The number of ether oxygens (including phenoxy) is 1. The van der Waals surface area contributed by atoms with Gasteiger partial charge in [-0.3, -0.25) is 5.41 Å². The second-order valence-corrected chi connectivity index (χ2v) is 5.26. The second-order valence-electron chi connectivity index (χ2n) is 5.26. The Kier molecular flexibility index (Phi) is 5.03. The van der Waals surface area contributed by atoms with Crippen molar-refractivity contribution in [2.24, 2.45) is 5.73 Å². The maximum Gasteiger partial charge on any atom is 0.319 e. The van der Waals surface area contributed by atoms with E-state index in [1.807, 2.05) is 0 Å². The Morgan fingerprint density at radius 1 is 1.33 bits per heavy atom. The summed E-state index contributed by atoms with van der Waals surface area (Å²) in [6.45, 7) is 0. The third-order valence-electron chi connectivity index (χ3n) is 3.70. The lowest BCUT2D eigenvalue weighted by atomic mass is 9.96. The maximum absolute atomic E-state index is 12.0. The number of urea groups is 1. The van der Waals surface area contributed by atoms with Crippen molar-refractivity contribution in [3.05, 3.63) is 23.8 Å². The van der Waals surface area contributed by atoms with Crippen LogP contribution in [0.1, 0.15) is 37.7 Å². The van der Waals surface area contributed by atoms with Crippen molar-refractivity contribution < 1.29 is 9.53 Å². The first-order valence-electron chi connectivity index (χ1n) is 7.20. The summed E-state index contributed by atoms with van der Waals surface area (Å²) in [6.07, 6.45) is 5.66. The molecule has 2 rings (SSSR count). The number of hydrogen-bond donors (Lipinski definition) is 4. The Morgan fingerprint density at radius 3 is 2.67 bits per heavy atom. The van der Waals surface area contributed by atoms with Crippen molar-refractivity contribution >= 4 is 17.6 Å². The topological polar surface area (TPSA) is 100 Å². The van der Waals surface area contributed by atoms with E-state index in [-0.39, 0.29) is 17.9 Å². The molecule has 1 fully saturated rings. The van der Waals surface area contributed by atoms with Gasteiger partial charge < -0.3 is 21.1 Å². The minimum Gasteiger partial charge on any atom is -0.495 e.